The fourth-order valence-electron chi connectivity index (χ4n) is 2.75. The lowest BCUT2D eigenvalue weighted by Gasteiger charge is -2.41. The van der Waals surface area contributed by atoms with Crippen LogP contribution in [0.1, 0.15) is 6.42 Å². The van der Waals surface area contributed by atoms with Crippen LogP contribution in [0.4, 0.5) is 0 Å². The van der Waals surface area contributed by atoms with Crippen molar-refractivity contribution in [2.75, 3.05) is 7.05 Å². The summed E-state index contributed by atoms with van der Waals surface area (Å²) in [6.45, 7) is 0. The van der Waals surface area contributed by atoms with Crippen molar-refractivity contribution in [2.24, 2.45) is 5.92 Å². The first kappa shape index (κ1) is 8.65. The lowest BCUT2D eigenvalue weighted by Crippen LogP contribution is -2.46. The van der Waals surface area contributed by atoms with Gasteiger partial charge in [0.25, 0.3) is 5.91 Å². The van der Waals surface area contributed by atoms with Gasteiger partial charge in [-0.25, -0.2) is 0 Å². The van der Waals surface area contributed by atoms with Crippen molar-refractivity contribution in [1.82, 2.24) is 4.90 Å². The Bertz CT molecular complexity index is 442. The second kappa shape index (κ2) is 2.48. The number of amides is 1. The third-order valence-corrected chi connectivity index (χ3v) is 3.65. The Morgan fingerprint density at radius 1 is 1.47 bits per heavy atom. The predicted octanol–water partition coefficient (Wildman–Crippen LogP) is 0.839. The third kappa shape index (κ3) is 0.814. The molecule has 3 nitrogen and oxygen atoms in total. The van der Waals surface area contributed by atoms with Crippen molar-refractivity contribution < 1.29 is 9.59 Å². The second-order valence-electron chi connectivity index (χ2n) is 4.29. The molecule has 76 valence electrons. The van der Waals surface area contributed by atoms with Crippen LogP contribution in [-0.4, -0.2) is 29.7 Å². The topological polar surface area (TPSA) is 37.4 Å². The van der Waals surface area contributed by atoms with E-state index in [0.29, 0.717) is 17.8 Å². The maximum atomic E-state index is 11.9. The largest absolute Gasteiger partial charge is 0.325 e. The van der Waals surface area contributed by atoms with Gasteiger partial charge in [-0.3, -0.25) is 9.59 Å². The van der Waals surface area contributed by atoms with Crippen molar-refractivity contribution in [3.63, 3.8) is 0 Å². The summed E-state index contributed by atoms with van der Waals surface area (Å²) in [6, 6.07) is 0. The zero-order chi connectivity index (χ0) is 10.6. The van der Waals surface area contributed by atoms with E-state index in [0.717, 1.165) is 12.0 Å². The Hall–Kier alpha value is -1.64. The molecule has 0 fully saturated rings. The van der Waals surface area contributed by atoms with Crippen molar-refractivity contribution in [3.05, 3.63) is 35.5 Å². The van der Waals surface area contributed by atoms with Crippen molar-refractivity contribution in [1.29, 1.82) is 0 Å². The van der Waals surface area contributed by atoms with E-state index in [1.54, 1.807) is 11.9 Å². The Balaban J connectivity index is 2.28. The van der Waals surface area contributed by atoms with Gasteiger partial charge in [0.2, 0.25) is 0 Å². The Morgan fingerprint density at radius 2 is 2.13 bits per heavy atom. The van der Waals surface area contributed by atoms with Crippen LogP contribution in [0.3, 0.4) is 0 Å². The molecule has 1 amide bonds. The number of hydrogen-bond donors (Lipinski definition) is 0. The van der Waals surface area contributed by atoms with E-state index < -0.39 is 5.54 Å². The average Bonchev–Trinajstić information content (AvgIpc) is 2.50. The highest BCUT2D eigenvalue weighted by Gasteiger charge is 2.49. The van der Waals surface area contributed by atoms with Gasteiger partial charge in [-0.05, 0) is 17.9 Å². The minimum Gasteiger partial charge on any atom is -0.325 e. The highest BCUT2D eigenvalue weighted by Crippen LogP contribution is 2.47. The molecule has 4 rings (SSSR count). The first-order chi connectivity index (χ1) is 7.19. The molecule has 0 saturated carbocycles. The SMILES string of the molecule is CN1C(=O)C(C=O)=C2CC3C=CC21C=C3. The summed E-state index contributed by atoms with van der Waals surface area (Å²) in [4.78, 5) is 24.4. The van der Waals surface area contributed by atoms with Crippen LogP contribution in [0, 0.1) is 5.92 Å². The van der Waals surface area contributed by atoms with Gasteiger partial charge >= 0.3 is 0 Å². The minimum atomic E-state index is -0.428. The van der Waals surface area contributed by atoms with E-state index in [-0.39, 0.29) is 5.91 Å². The Kier molecular flexibility index (Phi) is 1.43. The van der Waals surface area contributed by atoms with E-state index >= 15 is 0 Å². The highest BCUT2D eigenvalue weighted by molar-refractivity contribution is 6.14. The van der Waals surface area contributed by atoms with Gasteiger partial charge in [-0.2, -0.15) is 0 Å². The number of hydrogen-bond acceptors (Lipinski definition) is 2. The molecule has 0 atom stereocenters. The maximum absolute atomic E-state index is 11.9. The molecule has 0 N–H and O–H groups in total. The maximum Gasteiger partial charge on any atom is 0.258 e. The summed E-state index contributed by atoms with van der Waals surface area (Å²) in [6.07, 6.45) is 9.79. The van der Waals surface area contributed by atoms with Crippen LogP contribution >= 0.6 is 0 Å². The van der Waals surface area contributed by atoms with Gasteiger partial charge in [0.05, 0.1) is 5.57 Å². The van der Waals surface area contributed by atoms with Crippen LogP contribution < -0.4 is 0 Å². The van der Waals surface area contributed by atoms with E-state index in [4.69, 9.17) is 0 Å². The zero-order valence-electron chi connectivity index (χ0n) is 8.43. The van der Waals surface area contributed by atoms with Crippen LogP contribution in [-0.2, 0) is 9.59 Å². The lowest BCUT2D eigenvalue weighted by molar-refractivity contribution is -0.127. The monoisotopic (exact) mass is 201 g/mol. The third-order valence-electron chi connectivity index (χ3n) is 3.65. The summed E-state index contributed by atoms with van der Waals surface area (Å²) >= 11 is 0. The molecule has 15 heavy (non-hydrogen) atoms. The van der Waals surface area contributed by atoms with Gasteiger partial charge in [0, 0.05) is 7.05 Å². The summed E-state index contributed by atoms with van der Waals surface area (Å²) in [7, 11) is 1.75. The molecular weight excluding hydrogens is 190 g/mol. The summed E-state index contributed by atoms with van der Waals surface area (Å²) in [5.74, 6) is 0.202. The number of likely N-dealkylation sites (N-methyl/N-ethyl adjacent to an activating group) is 1. The standard InChI is InChI=1S/C12H11NO2/c1-13-11(15)9(7-14)10-6-8-2-4-12(10,13)5-3-8/h2-5,7-8H,6H2,1H3. The summed E-state index contributed by atoms with van der Waals surface area (Å²) in [5, 5.41) is 0. The van der Waals surface area contributed by atoms with Crippen LogP contribution in [0.2, 0.25) is 0 Å². The van der Waals surface area contributed by atoms with Crippen LogP contribution in [0.25, 0.3) is 0 Å². The zero-order valence-corrected chi connectivity index (χ0v) is 8.43. The van der Waals surface area contributed by atoms with Crippen molar-refractivity contribution in [3.8, 4) is 0 Å². The second-order valence-corrected chi connectivity index (χ2v) is 4.29. The fraction of sp³-hybridized carbons (Fsp3) is 0.333. The Morgan fingerprint density at radius 3 is 2.73 bits per heavy atom. The van der Waals surface area contributed by atoms with Gasteiger partial charge in [0.1, 0.15) is 5.54 Å². The summed E-state index contributed by atoms with van der Waals surface area (Å²) < 4.78 is 0. The van der Waals surface area contributed by atoms with Crippen molar-refractivity contribution in [2.45, 2.75) is 12.0 Å². The fourth-order valence-corrected chi connectivity index (χ4v) is 2.75. The molecule has 1 heterocycles. The van der Waals surface area contributed by atoms with E-state index in [1.807, 2.05) is 12.2 Å². The van der Waals surface area contributed by atoms with Gasteiger partial charge in [-0.15, -0.1) is 0 Å². The van der Waals surface area contributed by atoms with Gasteiger partial charge in [0.15, 0.2) is 6.29 Å². The number of carbonyl (C=O) groups is 2. The smallest absolute Gasteiger partial charge is 0.258 e. The van der Waals surface area contributed by atoms with E-state index in [9.17, 15) is 9.59 Å². The number of rotatable bonds is 1. The molecular formula is C12H11NO2. The molecule has 0 saturated heterocycles. The molecule has 0 aromatic rings. The molecule has 3 heteroatoms. The first-order valence-corrected chi connectivity index (χ1v) is 5.05. The molecule has 0 unspecified atom stereocenters. The predicted molar refractivity (Wildman–Crippen MR) is 55.0 cm³/mol. The van der Waals surface area contributed by atoms with Crippen LogP contribution in [0.15, 0.2) is 35.5 Å². The molecule has 1 spiro atoms. The van der Waals surface area contributed by atoms with E-state index in [2.05, 4.69) is 12.2 Å². The molecule has 4 aliphatic rings. The molecule has 0 aromatic carbocycles. The van der Waals surface area contributed by atoms with Crippen LogP contribution in [0.5, 0.6) is 0 Å². The number of allylic oxidation sites excluding steroid dienone is 2. The Labute approximate surface area is 87.8 Å². The molecule has 3 aliphatic carbocycles. The highest BCUT2D eigenvalue weighted by atomic mass is 16.2. The number of aldehydes is 1. The van der Waals surface area contributed by atoms with Crippen molar-refractivity contribution >= 4 is 12.2 Å². The van der Waals surface area contributed by atoms with Gasteiger partial charge in [-0.1, -0.05) is 24.3 Å². The number of nitrogens with zero attached hydrogens (tertiary/aromatic N) is 1. The lowest BCUT2D eigenvalue weighted by atomic mass is 9.72. The normalized spacial score (nSPS) is 36.5. The average molecular weight is 201 g/mol. The minimum absolute atomic E-state index is 0.156. The molecule has 2 bridgehead atoms. The molecule has 0 aromatic heterocycles. The molecule has 1 aliphatic heterocycles. The van der Waals surface area contributed by atoms with E-state index in [1.165, 1.54) is 0 Å². The molecule has 0 radical (unpaired) electrons. The number of carbonyl (C=O) groups excluding carboxylic acids is 2. The quantitative estimate of drug-likeness (QED) is 0.358. The first-order valence-electron chi connectivity index (χ1n) is 5.05. The summed E-state index contributed by atoms with van der Waals surface area (Å²) in [5.41, 5.74) is 0.901. The van der Waals surface area contributed by atoms with Gasteiger partial charge < -0.3 is 4.90 Å².